The summed E-state index contributed by atoms with van der Waals surface area (Å²) in [6, 6.07) is 7.09. The molecule has 0 unspecified atom stereocenters. The first kappa shape index (κ1) is 15.6. The van der Waals surface area contributed by atoms with Crippen LogP contribution < -0.4 is 4.74 Å². The number of methoxy groups -OCH3 is 1. The minimum absolute atomic E-state index is 0.145. The van der Waals surface area contributed by atoms with Crippen molar-refractivity contribution in [3.05, 3.63) is 34.7 Å². The Morgan fingerprint density at radius 2 is 1.76 bits per heavy atom. The van der Waals surface area contributed by atoms with E-state index in [4.69, 9.17) is 4.74 Å². The molecule has 21 heavy (non-hydrogen) atoms. The molecule has 0 radical (unpaired) electrons. The monoisotopic (exact) mass is 305 g/mol. The van der Waals surface area contributed by atoms with Gasteiger partial charge in [0.1, 0.15) is 5.75 Å². The Labute approximate surface area is 129 Å². The topological polar surface area (TPSA) is 46.6 Å². The van der Waals surface area contributed by atoms with Gasteiger partial charge < -0.3 is 4.74 Å². The standard InChI is InChI=1S/C16H19NO3S/c1-5-21-14-13(11-6-8-12(20-4)9-7-11)15(18)17(10(2)3)16(14)19/h6-10H,5H2,1-4H3. The van der Waals surface area contributed by atoms with Crippen LogP contribution in [0.3, 0.4) is 0 Å². The quantitative estimate of drug-likeness (QED) is 0.785. The predicted molar refractivity (Wildman–Crippen MR) is 85.0 cm³/mol. The highest BCUT2D eigenvalue weighted by molar-refractivity contribution is 8.04. The molecule has 0 fully saturated rings. The molecule has 0 aliphatic carbocycles. The van der Waals surface area contributed by atoms with Gasteiger partial charge in [0.25, 0.3) is 11.8 Å². The molecular weight excluding hydrogens is 286 g/mol. The van der Waals surface area contributed by atoms with Crippen molar-refractivity contribution in [1.29, 1.82) is 0 Å². The average Bonchev–Trinajstić information content (AvgIpc) is 2.71. The summed E-state index contributed by atoms with van der Waals surface area (Å²) in [6.45, 7) is 5.67. The number of hydrogen-bond acceptors (Lipinski definition) is 4. The van der Waals surface area contributed by atoms with Gasteiger partial charge in [-0.25, -0.2) is 0 Å². The van der Waals surface area contributed by atoms with E-state index in [9.17, 15) is 9.59 Å². The Hall–Kier alpha value is -1.75. The molecule has 1 aromatic rings. The number of thioether (sulfide) groups is 1. The largest absolute Gasteiger partial charge is 0.497 e. The molecule has 1 aromatic carbocycles. The fraction of sp³-hybridized carbons (Fsp3) is 0.375. The summed E-state index contributed by atoms with van der Waals surface area (Å²) in [7, 11) is 1.59. The maximum Gasteiger partial charge on any atom is 0.268 e. The zero-order valence-electron chi connectivity index (χ0n) is 12.7. The van der Waals surface area contributed by atoms with Gasteiger partial charge in [0.05, 0.1) is 17.6 Å². The predicted octanol–water partition coefficient (Wildman–Crippen LogP) is 2.94. The van der Waals surface area contributed by atoms with E-state index in [0.717, 1.165) is 17.1 Å². The maximum absolute atomic E-state index is 12.6. The third-order valence-corrected chi connectivity index (χ3v) is 4.21. The van der Waals surface area contributed by atoms with E-state index in [1.165, 1.54) is 16.7 Å². The second kappa shape index (κ2) is 6.35. The highest BCUT2D eigenvalue weighted by Gasteiger charge is 2.40. The number of benzene rings is 1. The summed E-state index contributed by atoms with van der Waals surface area (Å²) in [4.78, 5) is 26.9. The smallest absolute Gasteiger partial charge is 0.268 e. The molecule has 0 aromatic heterocycles. The summed E-state index contributed by atoms with van der Waals surface area (Å²) in [6.07, 6.45) is 0. The van der Waals surface area contributed by atoms with Crippen LogP contribution in [0.2, 0.25) is 0 Å². The summed E-state index contributed by atoms with van der Waals surface area (Å²) < 4.78 is 5.13. The lowest BCUT2D eigenvalue weighted by Gasteiger charge is -2.19. The number of ether oxygens (including phenoxy) is 1. The van der Waals surface area contributed by atoms with Crippen LogP contribution in [-0.2, 0) is 9.59 Å². The zero-order chi connectivity index (χ0) is 15.6. The molecule has 0 bridgehead atoms. The van der Waals surface area contributed by atoms with Gasteiger partial charge in [0.15, 0.2) is 0 Å². The van der Waals surface area contributed by atoms with Crippen LogP contribution in [0.5, 0.6) is 5.75 Å². The molecule has 112 valence electrons. The molecule has 5 heteroatoms. The molecule has 1 heterocycles. The Morgan fingerprint density at radius 3 is 2.24 bits per heavy atom. The third kappa shape index (κ3) is 2.83. The molecule has 4 nitrogen and oxygen atoms in total. The molecular formula is C16H19NO3S. The number of nitrogens with zero attached hydrogens (tertiary/aromatic N) is 1. The molecule has 0 spiro atoms. The van der Waals surface area contributed by atoms with Crippen LogP contribution in [0.25, 0.3) is 5.57 Å². The minimum atomic E-state index is -0.212. The fourth-order valence-electron chi connectivity index (χ4n) is 2.29. The number of carbonyl (C=O) groups is 2. The zero-order valence-corrected chi connectivity index (χ0v) is 13.5. The first-order chi connectivity index (χ1) is 10.0. The fourth-order valence-corrected chi connectivity index (χ4v) is 3.15. The second-order valence-corrected chi connectivity index (χ2v) is 6.21. The van der Waals surface area contributed by atoms with Gasteiger partial charge in [0, 0.05) is 6.04 Å². The molecule has 1 aliphatic heterocycles. The van der Waals surface area contributed by atoms with E-state index < -0.39 is 0 Å². The normalized spacial score (nSPS) is 15.4. The van der Waals surface area contributed by atoms with Crippen LogP contribution >= 0.6 is 11.8 Å². The molecule has 0 N–H and O–H groups in total. The Kier molecular flexibility index (Phi) is 4.73. The Bertz CT molecular complexity index is 590. The highest BCUT2D eigenvalue weighted by atomic mass is 32.2. The van der Waals surface area contributed by atoms with E-state index in [-0.39, 0.29) is 17.9 Å². The first-order valence-corrected chi connectivity index (χ1v) is 7.89. The molecule has 0 saturated heterocycles. The SMILES string of the molecule is CCSC1=C(c2ccc(OC)cc2)C(=O)N(C(C)C)C1=O. The van der Waals surface area contributed by atoms with E-state index in [2.05, 4.69) is 0 Å². The van der Waals surface area contributed by atoms with Gasteiger partial charge in [-0.05, 0) is 37.3 Å². The van der Waals surface area contributed by atoms with Crippen LogP contribution in [0.1, 0.15) is 26.3 Å². The van der Waals surface area contributed by atoms with Crippen molar-refractivity contribution in [2.24, 2.45) is 0 Å². The summed E-state index contributed by atoms with van der Waals surface area (Å²) >= 11 is 1.42. The van der Waals surface area contributed by atoms with Crippen LogP contribution in [0, 0.1) is 0 Å². The lowest BCUT2D eigenvalue weighted by atomic mass is 10.1. The van der Waals surface area contributed by atoms with Crippen molar-refractivity contribution in [3.63, 3.8) is 0 Å². The molecule has 2 amide bonds. The third-order valence-electron chi connectivity index (χ3n) is 3.26. The van der Waals surface area contributed by atoms with Gasteiger partial charge in [0.2, 0.25) is 0 Å². The van der Waals surface area contributed by atoms with Gasteiger partial charge in [-0.2, -0.15) is 0 Å². The van der Waals surface area contributed by atoms with Gasteiger partial charge in [-0.3, -0.25) is 14.5 Å². The van der Waals surface area contributed by atoms with Crippen molar-refractivity contribution in [2.75, 3.05) is 12.9 Å². The lowest BCUT2D eigenvalue weighted by Crippen LogP contribution is -2.37. The van der Waals surface area contributed by atoms with Crippen LogP contribution in [-0.4, -0.2) is 35.6 Å². The number of hydrogen-bond donors (Lipinski definition) is 0. The van der Waals surface area contributed by atoms with Crippen LogP contribution in [0.15, 0.2) is 29.2 Å². The maximum atomic E-state index is 12.6. The van der Waals surface area contributed by atoms with E-state index in [1.54, 1.807) is 19.2 Å². The molecule has 0 atom stereocenters. The van der Waals surface area contributed by atoms with E-state index >= 15 is 0 Å². The summed E-state index contributed by atoms with van der Waals surface area (Å²) in [5.41, 5.74) is 1.26. The van der Waals surface area contributed by atoms with E-state index in [0.29, 0.717) is 10.5 Å². The lowest BCUT2D eigenvalue weighted by molar-refractivity contribution is -0.138. The van der Waals surface area contributed by atoms with Gasteiger partial charge >= 0.3 is 0 Å². The minimum Gasteiger partial charge on any atom is -0.497 e. The molecule has 0 saturated carbocycles. The number of amides is 2. The van der Waals surface area contributed by atoms with Crippen molar-refractivity contribution in [3.8, 4) is 5.75 Å². The molecule has 1 aliphatic rings. The van der Waals surface area contributed by atoms with Crippen molar-refractivity contribution >= 4 is 29.1 Å². The average molecular weight is 305 g/mol. The van der Waals surface area contributed by atoms with Gasteiger partial charge in [-0.1, -0.05) is 19.1 Å². The first-order valence-electron chi connectivity index (χ1n) is 6.90. The number of carbonyl (C=O) groups excluding carboxylic acids is 2. The van der Waals surface area contributed by atoms with Crippen molar-refractivity contribution < 1.29 is 14.3 Å². The molecule has 2 rings (SSSR count). The summed E-state index contributed by atoms with van der Waals surface area (Å²) in [5.74, 6) is 1.07. The van der Waals surface area contributed by atoms with Crippen molar-refractivity contribution in [2.45, 2.75) is 26.8 Å². The Balaban J connectivity index is 2.49. The van der Waals surface area contributed by atoms with Crippen LogP contribution in [0.4, 0.5) is 0 Å². The van der Waals surface area contributed by atoms with E-state index in [1.807, 2.05) is 32.9 Å². The highest BCUT2D eigenvalue weighted by Crippen LogP contribution is 2.37. The summed E-state index contributed by atoms with van der Waals surface area (Å²) in [5, 5.41) is 0. The number of imide groups is 1. The van der Waals surface area contributed by atoms with Crippen molar-refractivity contribution in [1.82, 2.24) is 4.90 Å². The Morgan fingerprint density at radius 1 is 1.14 bits per heavy atom. The second-order valence-electron chi connectivity index (χ2n) is 4.94. The van der Waals surface area contributed by atoms with Gasteiger partial charge in [-0.15, -0.1) is 11.8 Å². The number of rotatable bonds is 5.